The number of nitro groups is 1. The molecule has 2 heterocycles. The number of ether oxygens (including phenoxy) is 2. The number of H-pyrrole nitrogens is 1. The molecular weight excluding hydrogens is 370 g/mol. The van der Waals surface area contributed by atoms with E-state index in [1.54, 1.807) is 25.1 Å². The Labute approximate surface area is 159 Å². The van der Waals surface area contributed by atoms with Gasteiger partial charge in [0.2, 0.25) is 0 Å². The van der Waals surface area contributed by atoms with Crippen molar-refractivity contribution < 1.29 is 19.5 Å². The molecule has 0 saturated carbocycles. The fraction of sp³-hybridized carbons (Fsp3) is 0.444. The third-order valence-corrected chi connectivity index (χ3v) is 4.69. The third kappa shape index (κ3) is 4.19. The molecule has 150 valence electrons. The second-order valence-electron chi connectivity index (χ2n) is 6.59. The molecule has 0 radical (unpaired) electrons. The van der Waals surface area contributed by atoms with Crippen LogP contribution in [0.5, 0.6) is 0 Å². The van der Waals surface area contributed by atoms with Gasteiger partial charge in [-0.15, -0.1) is 0 Å². The van der Waals surface area contributed by atoms with Crippen molar-refractivity contribution in [3.63, 3.8) is 0 Å². The lowest BCUT2D eigenvalue weighted by Crippen LogP contribution is -2.33. The Morgan fingerprint density at radius 1 is 1.39 bits per heavy atom. The summed E-state index contributed by atoms with van der Waals surface area (Å²) in [5.41, 5.74) is -0.302. The van der Waals surface area contributed by atoms with Crippen LogP contribution in [0, 0.1) is 17.0 Å². The van der Waals surface area contributed by atoms with Gasteiger partial charge in [0.15, 0.2) is 0 Å². The molecule has 3 atom stereocenters. The molecule has 0 spiro atoms. The predicted molar refractivity (Wildman–Crippen MR) is 98.0 cm³/mol. The average molecular weight is 391 g/mol. The average Bonchev–Trinajstić information content (AvgIpc) is 3.06. The van der Waals surface area contributed by atoms with E-state index < -0.39 is 34.6 Å². The van der Waals surface area contributed by atoms with Crippen LogP contribution in [-0.4, -0.2) is 38.4 Å². The van der Waals surface area contributed by atoms with Crippen LogP contribution < -0.4 is 11.2 Å². The number of aromatic nitrogens is 2. The molecule has 28 heavy (non-hydrogen) atoms. The number of para-hydroxylation sites is 1. The van der Waals surface area contributed by atoms with Gasteiger partial charge in [0.25, 0.3) is 11.2 Å². The van der Waals surface area contributed by atoms with Gasteiger partial charge in [0, 0.05) is 30.9 Å². The summed E-state index contributed by atoms with van der Waals surface area (Å²) < 4.78 is 13.0. The fourth-order valence-electron chi connectivity index (χ4n) is 3.24. The molecule has 1 aromatic carbocycles. The largest absolute Gasteiger partial charge is 0.396 e. The van der Waals surface area contributed by atoms with E-state index in [-0.39, 0.29) is 25.3 Å². The quantitative estimate of drug-likeness (QED) is 0.531. The van der Waals surface area contributed by atoms with Crippen LogP contribution in [0.15, 0.2) is 40.1 Å². The number of rotatable bonds is 7. The summed E-state index contributed by atoms with van der Waals surface area (Å²) in [4.78, 5) is 36.6. The molecule has 1 aromatic heterocycles. The first kappa shape index (κ1) is 19.9. The summed E-state index contributed by atoms with van der Waals surface area (Å²) in [7, 11) is 0. The highest BCUT2D eigenvalue weighted by molar-refractivity contribution is 5.39. The van der Waals surface area contributed by atoms with E-state index in [2.05, 4.69) is 4.98 Å². The number of benzene rings is 1. The van der Waals surface area contributed by atoms with Crippen LogP contribution in [-0.2, 0) is 16.1 Å². The Morgan fingerprint density at radius 2 is 2.14 bits per heavy atom. The number of nitrogens with one attached hydrogen (secondary N) is 1. The Balaban J connectivity index is 1.78. The Morgan fingerprint density at radius 3 is 2.86 bits per heavy atom. The lowest BCUT2D eigenvalue weighted by atomic mass is 10.1. The molecule has 2 aromatic rings. The van der Waals surface area contributed by atoms with Crippen molar-refractivity contribution in [3.8, 4) is 0 Å². The molecule has 1 saturated heterocycles. The molecule has 0 amide bonds. The first-order chi connectivity index (χ1) is 13.4. The highest BCUT2D eigenvalue weighted by atomic mass is 16.6. The van der Waals surface area contributed by atoms with Gasteiger partial charge in [-0.25, -0.2) is 4.79 Å². The number of nitrogens with zero attached hydrogens (tertiary/aromatic N) is 2. The van der Waals surface area contributed by atoms with Crippen molar-refractivity contribution in [1.82, 2.24) is 9.55 Å². The van der Waals surface area contributed by atoms with E-state index >= 15 is 0 Å². The zero-order chi connectivity index (χ0) is 20.3. The number of hydrogen-bond donors (Lipinski definition) is 2. The molecule has 10 heteroatoms. The van der Waals surface area contributed by atoms with E-state index in [0.29, 0.717) is 17.5 Å². The van der Waals surface area contributed by atoms with Crippen molar-refractivity contribution >= 4 is 5.69 Å². The smallest absolute Gasteiger partial charge is 0.330 e. The standard InChI is InChI=1S/C18H21N3O7/c1-11-9-20(18(24)19-17(11)23)16-8-15(14(28-16)6-7-22)27-10-12-4-2-3-5-13(12)21(25)26/h2-5,9,14-16,22H,6-8,10H2,1H3,(H,19,23,24). The highest BCUT2D eigenvalue weighted by Crippen LogP contribution is 2.32. The van der Waals surface area contributed by atoms with Gasteiger partial charge in [-0.3, -0.25) is 24.5 Å². The van der Waals surface area contributed by atoms with Crippen LogP contribution in [0.4, 0.5) is 5.69 Å². The second kappa shape index (κ2) is 8.46. The van der Waals surface area contributed by atoms with E-state index in [1.807, 2.05) is 0 Å². The zero-order valence-electron chi connectivity index (χ0n) is 15.2. The van der Waals surface area contributed by atoms with Crippen molar-refractivity contribution in [2.75, 3.05) is 6.61 Å². The predicted octanol–water partition coefficient (Wildman–Crippen LogP) is 1.01. The molecule has 10 nitrogen and oxygen atoms in total. The first-order valence-corrected chi connectivity index (χ1v) is 8.83. The van der Waals surface area contributed by atoms with E-state index in [4.69, 9.17) is 9.47 Å². The van der Waals surface area contributed by atoms with Gasteiger partial charge in [-0.2, -0.15) is 0 Å². The molecule has 1 aliphatic heterocycles. The second-order valence-corrected chi connectivity index (χ2v) is 6.59. The van der Waals surface area contributed by atoms with Crippen LogP contribution >= 0.6 is 0 Å². The molecular formula is C18H21N3O7. The van der Waals surface area contributed by atoms with Crippen molar-refractivity contribution in [2.45, 2.75) is 44.8 Å². The van der Waals surface area contributed by atoms with Gasteiger partial charge in [0.05, 0.1) is 29.3 Å². The number of hydrogen-bond acceptors (Lipinski definition) is 7. The Kier molecular flexibility index (Phi) is 6.02. The van der Waals surface area contributed by atoms with Crippen LogP contribution in [0.2, 0.25) is 0 Å². The molecule has 3 unspecified atom stereocenters. The highest BCUT2D eigenvalue weighted by Gasteiger charge is 2.37. The molecule has 1 fully saturated rings. The van der Waals surface area contributed by atoms with Crippen LogP contribution in [0.3, 0.4) is 0 Å². The molecule has 0 aliphatic carbocycles. The van der Waals surface area contributed by atoms with Crippen molar-refractivity contribution in [1.29, 1.82) is 0 Å². The number of aromatic amines is 1. The van der Waals surface area contributed by atoms with Crippen molar-refractivity contribution in [3.05, 3.63) is 72.5 Å². The van der Waals surface area contributed by atoms with Gasteiger partial charge in [0.1, 0.15) is 6.23 Å². The summed E-state index contributed by atoms with van der Waals surface area (Å²) in [6.45, 7) is 1.44. The number of aliphatic hydroxyl groups is 1. The summed E-state index contributed by atoms with van der Waals surface area (Å²) in [6.07, 6.45) is 0.376. The Bertz CT molecular complexity index is 968. The lowest BCUT2D eigenvalue weighted by Gasteiger charge is -2.18. The summed E-state index contributed by atoms with van der Waals surface area (Å²) in [5, 5.41) is 20.4. The monoisotopic (exact) mass is 391 g/mol. The number of aliphatic hydroxyl groups excluding tert-OH is 1. The number of aryl methyl sites for hydroxylation is 1. The minimum absolute atomic E-state index is 0.000617. The summed E-state index contributed by atoms with van der Waals surface area (Å²) in [5.74, 6) is 0. The summed E-state index contributed by atoms with van der Waals surface area (Å²) >= 11 is 0. The molecule has 0 bridgehead atoms. The van der Waals surface area contributed by atoms with Crippen molar-refractivity contribution in [2.24, 2.45) is 0 Å². The van der Waals surface area contributed by atoms with Gasteiger partial charge < -0.3 is 14.6 Å². The maximum Gasteiger partial charge on any atom is 0.330 e. The molecule has 3 rings (SSSR count). The van der Waals surface area contributed by atoms with Gasteiger partial charge >= 0.3 is 5.69 Å². The minimum atomic E-state index is -0.671. The van der Waals surface area contributed by atoms with Crippen LogP contribution in [0.1, 0.15) is 30.2 Å². The maximum absolute atomic E-state index is 12.1. The third-order valence-electron chi connectivity index (χ3n) is 4.69. The minimum Gasteiger partial charge on any atom is -0.396 e. The number of nitro benzene ring substituents is 1. The Hall–Kier alpha value is -2.82. The van der Waals surface area contributed by atoms with E-state index in [0.717, 1.165) is 0 Å². The lowest BCUT2D eigenvalue weighted by molar-refractivity contribution is -0.386. The molecule has 2 N–H and O–H groups in total. The normalized spacial score (nSPS) is 21.7. The van der Waals surface area contributed by atoms with E-state index in [1.165, 1.54) is 16.8 Å². The zero-order valence-corrected chi connectivity index (χ0v) is 15.2. The van der Waals surface area contributed by atoms with Gasteiger partial charge in [-0.1, -0.05) is 12.1 Å². The van der Waals surface area contributed by atoms with Gasteiger partial charge in [-0.05, 0) is 19.4 Å². The first-order valence-electron chi connectivity index (χ1n) is 8.83. The fourth-order valence-corrected chi connectivity index (χ4v) is 3.24. The molecule has 1 aliphatic rings. The van der Waals surface area contributed by atoms with E-state index in [9.17, 15) is 24.8 Å². The topological polar surface area (TPSA) is 137 Å². The maximum atomic E-state index is 12.1. The summed E-state index contributed by atoms with van der Waals surface area (Å²) in [6, 6.07) is 6.28. The SMILES string of the molecule is Cc1cn(C2CC(OCc3ccccc3[N+](=O)[O-])C(CCO)O2)c(=O)[nH]c1=O. The van der Waals surface area contributed by atoms with Crippen LogP contribution in [0.25, 0.3) is 0 Å².